The summed E-state index contributed by atoms with van der Waals surface area (Å²) in [6.45, 7) is 1.50. The Hall–Kier alpha value is -0.910. The topological polar surface area (TPSA) is 44.8 Å². The van der Waals surface area contributed by atoms with E-state index >= 15 is 0 Å². The molecule has 0 aliphatic heterocycles. The Morgan fingerprint density at radius 1 is 1.21 bits per heavy atom. The molecule has 0 radical (unpaired) electrons. The summed E-state index contributed by atoms with van der Waals surface area (Å²) in [5, 5.41) is 0. The fourth-order valence-corrected chi connectivity index (χ4v) is 2.02. The van der Waals surface area contributed by atoms with Crippen molar-refractivity contribution in [3.63, 3.8) is 0 Å². The summed E-state index contributed by atoms with van der Waals surface area (Å²) >= 11 is 3.39. The SMILES string of the molecule is COCCOCCC(=O)Cc1cc(Br)ccc1OC. The summed E-state index contributed by atoms with van der Waals surface area (Å²) in [7, 11) is 3.22. The smallest absolute Gasteiger partial charge is 0.139 e. The van der Waals surface area contributed by atoms with Crippen LogP contribution in [-0.4, -0.2) is 39.8 Å². The molecule has 0 aromatic heterocycles. The number of hydrogen-bond acceptors (Lipinski definition) is 4. The van der Waals surface area contributed by atoms with Crippen molar-refractivity contribution in [1.82, 2.24) is 0 Å². The normalized spacial score (nSPS) is 10.5. The van der Waals surface area contributed by atoms with Crippen molar-refractivity contribution in [1.29, 1.82) is 0 Å². The molecular formula is C14H19BrO4. The Morgan fingerprint density at radius 3 is 2.68 bits per heavy atom. The van der Waals surface area contributed by atoms with E-state index in [-0.39, 0.29) is 5.78 Å². The van der Waals surface area contributed by atoms with Gasteiger partial charge in [0.05, 0.1) is 26.9 Å². The molecule has 0 aliphatic rings. The quantitative estimate of drug-likeness (QED) is 0.653. The molecule has 0 atom stereocenters. The molecule has 1 aromatic rings. The van der Waals surface area contributed by atoms with Crippen molar-refractivity contribution in [2.45, 2.75) is 12.8 Å². The lowest BCUT2D eigenvalue weighted by molar-refractivity contribution is -0.119. The van der Waals surface area contributed by atoms with E-state index < -0.39 is 0 Å². The molecule has 0 spiro atoms. The van der Waals surface area contributed by atoms with Crippen molar-refractivity contribution in [2.24, 2.45) is 0 Å². The summed E-state index contributed by atoms with van der Waals surface area (Å²) in [4.78, 5) is 11.8. The molecule has 4 nitrogen and oxygen atoms in total. The number of hydrogen-bond donors (Lipinski definition) is 0. The average molecular weight is 331 g/mol. The molecule has 0 saturated carbocycles. The lowest BCUT2D eigenvalue weighted by atomic mass is 10.1. The molecule has 0 saturated heterocycles. The molecule has 0 amide bonds. The molecule has 0 unspecified atom stereocenters. The highest BCUT2D eigenvalue weighted by atomic mass is 79.9. The molecule has 0 heterocycles. The van der Waals surface area contributed by atoms with Crippen LogP contribution in [0.5, 0.6) is 5.75 Å². The van der Waals surface area contributed by atoms with Crippen molar-refractivity contribution in [2.75, 3.05) is 34.0 Å². The minimum Gasteiger partial charge on any atom is -0.496 e. The van der Waals surface area contributed by atoms with E-state index in [2.05, 4.69) is 15.9 Å². The Balaban J connectivity index is 2.41. The van der Waals surface area contributed by atoms with Crippen LogP contribution in [0.2, 0.25) is 0 Å². The van der Waals surface area contributed by atoms with Gasteiger partial charge in [0.25, 0.3) is 0 Å². The maximum absolute atomic E-state index is 11.8. The third-order valence-corrected chi connectivity index (χ3v) is 3.08. The number of Topliss-reactive ketones (excluding diaryl/α,β-unsaturated/α-hetero) is 1. The van der Waals surface area contributed by atoms with Gasteiger partial charge in [-0.15, -0.1) is 0 Å². The Labute approximate surface area is 122 Å². The van der Waals surface area contributed by atoms with Crippen LogP contribution in [0.15, 0.2) is 22.7 Å². The molecule has 106 valence electrons. The minimum absolute atomic E-state index is 0.133. The molecule has 0 N–H and O–H groups in total. The first-order valence-corrected chi connectivity index (χ1v) is 6.87. The average Bonchev–Trinajstić information content (AvgIpc) is 2.39. The van der Waals surface area contributed by atoms with E-state index in [4.69, 9.17) is 14.2 Å². The number of carbonyl (C=O) groups excluding carboxylic acids is 1. The number of halogens is 1. The van der Waals surface area contributed by atoms with Crippen LogP contribution in [0.4, 0.5) is 0 Å². The Kier molecular flexibility index (Phi) is 7.70. The van der Waals surface area contributed by atoms with E-state index in [1.54, 1.807) is 14.2 Å². The van der Waals surface area contributed by atoms with Crippen LogP contribution in [-0.2, 0) is 20.7 Å². The highest BCUT2D eigenvalue weighted by Crippen LogP contribution is 2.23. The van der Waals surface area contributed by atoms with Gasteiger partial charge in [0.15, 0.2) is 0 Å². The number of ether oxygens (including phenoxy) is 3. The Bertz CT molecular complexity index is 406. The van der Waals surface area contributed by atoms with Crippen LogP contribution in [0.25, 0.3) is 0 Å². The fraction of sp³-hybridized carbons (Fsp3) is 0.500. The molecule has 5 heteroatoms. The van der Waals surface area contributed by atoms with Crippen molar-refractivity contribution < 1.29 is 19.0 Å². The number of carbonyl (C=O) groups is 1. The van der Waals surface area contributed by atoms with Crippen LogP contribution >= 0.6 is 15.9 Å². The molecule has 0 aliphatic carbocycles. The summed E-state index contributed by atoms with van der Waals surface area (Å²) in [6, 6.07) is 5.64. The zero-order valence-electron chi connectivity index (χ0n) is 11.3. The van der Waals surface area contributed by atoms with Crippen LogP contribution in [0.1, 0.15) is 12.0 Å². The van der Waals surface area contributed by atoms with Crippen LogP contribution in [0, 0.1) is 0 Å². The molecule has 0 fully saturated rings. The van der Waals surface area contributed by atoms with Gasteiger partial charge in [0, 0.05) is 30.0 Å². The van der Waals surface area contributed by atoms with E-state index in [0.29, 0.717) is 32.7 Å². The number of rotatable bonds is 9. The van der Waals surface area contributed by atoms with Crippen molar-refractivity contribution >= 4 is 21.7 Å². The Morgan fingerprint density at radius 2 is 2.00 bits per heavy atom. The summed E-state index contributed by atoms with van der Waals surface area (Å²) in [5.74, 6) is 0.866. The minimum atomic E-state index is 0.133. The first kappa shape index (κ1) is 16.1. The van der Waals surface area contributed by atoms with Gasteiger partial charge in [-0.25, -0.2) is 0 Å². The molecule has 1 aromatic carbocycles. The van der Waals surface area contributed by atoms with Gasteiger partial charge in [-0.3, -0.25) is 4.79 Å². The van der Waals surface area contributed by atoms with Gasteiger partial charge in [-0.1, -0.05) is 15.9 Å². The third kappa shape index (κ3) is 6.18. The van der Waals surface area contributed by atoms with E-state index in [1.165, 1.54) is 0 Å². The summed E-state index contributed by atoms with van der Waals surface area (Å²) in [6.07, 6.45) is 0.760. The van der Waals surface area contributed by atoms with E-state index in [9.17, 15) is 4.79 Å². The zero-order valence-corrected chi connectivity index (χ0v) is 12.9. The first-order chi connectivity index (χ1) is 9.17. The molecule has 0 bridgehead atoms. The standard InChI is InChI=1S/C14H19BrO4/c1-17-7-8-19-6-5-13(16)10-11-9-12(15)3-4-14(11)18-2/h3-4,9H,5-8,10H2,1-2H3. The predicted octanol–water partition coefficient (Wildman–Crippen LogP) is 2.62. The largest absolute Gasteiger partial charge is 0.496 e. The number of methoxy groups -OCH3 is 2. The maximum Gasteiger partial charge on any atom is 0.139 e. The van der Waals surface area contributed by atoms with Crippen LogP contribution in [0.3, 0.4) is 0 Å². The zero-order chi connectivity index (χ0) is 14.1. The second kappa shape index (κ2) is 9.07. The summed E-state index contributed by atoms with van der Waals surface area (Å²) < 4.78 is 16.3. The van der Waals surface area contributed by atoms with Gasteiger partial charge in [-0.2, -0.15) is 0 Å². The first-order valence-electron chi connectivity index (χ1n) is 6.08. The predicted molar refractivity (Wildman–Crippen MR) is 76.7 cm³/mol. The second-order valence-electron chi connectivity index (χ2n) is 4.03. The van der Waals surface area contributed by atoms with Gasteiger partial charge < -0.3 is 14.2 Å². The van der Waals surface area contributed by atoms with Gasteiger partial charge in [0.2, 0.25) is 0 Å². The van der Waals surface area contributed by atoms with Gasteiger partial charge >= 0.3 is 0 Å². The number of benzene rings is 1. The van der Waals surface area contributed by atoms with Crippen molar-refractivity contribution in [3.05, 3.63) is 28.2 Å². The van der Waals surface area contributed by atoms with E-state index in [0.717, 1.165) is 15.8 Å². The molecular weight excluding hydrogens is 312 g/mol. The van der Waals surface area contributed by atoms with Crippen LogP contribution < -0.4 is 4.74 Å². The highest BCUT2D eigenvalue weighted by Gasteiger charge is 2.09. The highest BCUT2D eigenvalue weighted by molar-refractivity contribution is 9.10. The third-order valence-electron chi connectivity index (χ3n) is 2.59. The lowest BCUT2D eigenvalue weighted by Gasteiger charge is -2.08. The molecule has 1 rings (SSSR count). The van der Waals surface area contributed by atoms with Gasteiger partial charge in [0.1, 0.15) is 11.5 Å². The number of ketones is 1. The van der Waals surface area contributed by atoms with Crippen molar-refractivity contribution in [3.8, 4) is 5.75 Å². The second-order valence-corrected chi connectivity index (χ2v) is 4.94. The molecule has 19 heavy (non-hydrogen) atoms. The fourth-order valence-electron chi connectivity index (χ4n) is 1.62. The lowest BCUT2D eigenvalue weighted by Crippen LogP contribution is -2.10. The maximum atomic E-state index is 11.8. The summed E-state index contributed by atoms with van der Waals surface area (Å²) in [5.41, 5.74) is 0.888. The van der Waals surface area contributed by atoms with Gasteiger partial charge in [-0.05, 0) is 18.2 Å². The van der Waals surface area contributed by atoms with E-state index in [1.807, 2.05) is 18.2 Å². The monoisotopic (exact) mass is 330 g/mol.